The van der Waals surface area contributed by atoms with E-state index in [4.69, 9.17) is 9.47 Å². The molecule has 0 aliphatic carbocycles. The van der Waals surface area contributed by atoms with Gasteiger partial charge in [0.05, 0.1) is 13.7 Å². The molecule has 22 heavy (non-hydrogen) atoms. The Morgan fingerprint density at radius 2 is 2.32 bits per heavy atom. The van der Waals surface area contributed by atoms with E-state index in [1.165, 1.54) is 0 Å². The predicted octanol–water partition coefficient (Wildman–Crippen LogP) is 2.07. The van der Waals surface area contributed by atoms with E-state index in [2.05, 4.69) is 10.3 Å². The van der Waals surface area contributed by atoms with Gasteiger partial charge in [0.25, 0.3) is 5.91 Å². The first-order chi connectivity index (χ1) is 10.8. The minimum Gasteiger partial charge on any atom is -0.497 e. The SMILES string of the molecule is COc1ccc2c(c1)OC[C@H](CNC(=O)c1ccccn1)C2. The van der Waals surface area contributed by atoms with Crippen LogP contribution in [-0.4, -0.2) is 31.2 Å². The van der Waals surface area contributed by atoms with Crippen LogP contribution in [0.3, 0.4) is 0 Å². The lowest BCUT2D eigenvalue weighted by atomic mass is 9.96. The van der Waals surface area contributed by atoms with Crippen LogP contribution < -0.4 is 14.8 Å². The zero-order chi connectivity index (χ0) is 15.4. The number of carbonyl (C=O) groups excluding carboxylic acids is 1. The molecule has 114 valence electrons. The molecule has 1 amide bonds. The fourth-order valence-corrected chi connectivity index (χ4v) is 2.50. The van der Waals surface area contributed by atoms with Crippen molar-refractivity contribution in [3.05, 3.63) is 53.9 Å². The quantitative estimate of drug-likeness (QED) is 0.938. The summed E-state index contributed by atoms with van der Waals surface area (Å²) in [7, 11) is 1.64. The highest BCUT2D eigenvalue weighted by Crippen LogP contribution is 2.30. The molecular formula is C17H18N2O3. The molecule has 1 aliphatic rings. The summed E-state index contributed by atoms with van der Waals surface area (Å²) in [4.78, 5) is 16.0. The second-order valence-electron chi connectivity index (χ2n) is 5.28. The van der Waals surface area contributed by atoms with E-state index >= 15 is 0 Å². The highest BCUT2D eigenvalue weighted by molar-refractivity contribution is 5.92. The van der Waals surface area contributed by atoms with Gasteiger partial charge in [-0.3, -0.25) is 9.78 Å². The molecule has 1 N–H and O–H groups in total. The molecule has 1 aliphatic heterocycles. The Morgan fingerprint density at radius 1 is 1.41 bits per heavy atom. The monoisotopic (exact) mass is 298 g/mol. The summed E-state index contributed by atoms with van der Waals surface area (Å²) in [5.41, 5.74) is 1.58. The Balaban J connectivity index is 1.58. The van der Waals surface area contributed by atoms with Crippen LogP contribution in [0.15, 0.2) is 42.6 Å². The predicted molar refractivity (Wildman–Crippen MR) is 82.3 cm³/mol. The number of amides is 1. The molecule has 5 nitrogen and oxygen atoms in total. The minimum absolute atomic E-state index is 0.152. The first-order valence-corrected chi connectivity index (χ1v) is 7.25. The number of ether oxygens (including phenoxy) is 2. The van der Waals surface area contributed by atoms with Crippen LogP contribution in [0.1, 0.15) is 16.1 Å². The average Bonchev–Trinajstić information content (AvgIpc) is 2.59. The standard InChI is InChI=1S/C17H18N2O3/c1-21-14-6-5-13-8-12(11-22-16(13)9-14)10-19-17(20)15-4-2-3-7-18-15/h2-7,9,12H,8,10-11H2,1H3,(H,19,20)/t12-/m0/s1. The lowest BCUT2D eigenvalue weighted by molar-refractivity contribution is 0.0934. The molecule has 1 atom stereocenters. The van der Waals surface area contributed by atoms with Crippen LogP contribution in [-0.2, 0) is 6.42 Å². The molecule has 0 unspecified atom stereocenters. The van der Waals surface area contributed by atoms with Gasteiger partial charge in [0.1, 0.15) is 17.2 Å². The third-order valence-corrected chi connectivity index (χ3v) is 3.71. The number of aromatic nitrogens is 1. The summed E-state index contributed by atoms with van der Waals surface area (Å²) < 4.78 is 11.0. The van der Waals surface area contributed by atoms with E-state index in [-0.39, 0.29) is 11.8 Å². The van der Waals surface area contributed by atoms with Crippen molar-refractivity contribution in [2.75, 3.05) is 20.3 Å². The zero-order valence-corrected chi connectivity index (χ0v) is 12.4. The van der Waals surface area contributed by atoms with Crippen LogP contribution in [0.25, 0.3) is 0 Å². The fourth-order valence-electron chi connectivity index (χ4n) is 2.50. The number of nitrogens with one attached hydrogen (secondary N) is 1. The Labute approximate surface area is 129 Å². The maximum absolute atomic E-state index is 12.0. The molecule has 0 saturated carbocycles. The molecule has 1 aromatic heterocycles. The lowest BCUT2D eigenvalue weighted by Crippen LogP contribution is -2.35. The third-order valence-electron chi connectivity index (χ3n) is 3.71. The van der Waals surface area contributed by atoms with Crippen molar-refractivity contribution in [1.82, 2.24) is 10.3 Å². The van der Waals surface area contributed by atoms with Gasteiger partial charge in [0.2, 0.25) is 0 Å². The van der Waals surface area contributed by atoms with Gasteiger partial charge in [-0.1, -0.05) is 12.1 Å². The highest BCUT2D eigenvalue weighted by atomic mass is 16.5. The van der Waals surface area contributed by atoms with E-state index in [1.807, 2.05) is 18.2 Å². The molecule has 5 heteroatoms. The number of carbonyl (C=O) groups is 1. The van der Waals surface area contributed by atoms with E-state index in [9.17, 15) is 4.79 Å². The van der Waals surface area contributed by atoms with Crippen molar-refractivity contribution in [2.45, 2.75) is 6.42 Å². The molecule has 0 saturated heterocycles. The van der Waals surface area contributed by atoms with Gasteiger partial charge in [-0.2, -0.15) is 0 Å². The highest BCUT2D eigenvalue weighted by Gasteiger charge is 2.21. The largest absolute Gasteiger partial charge is 0.497 e. The topological polar surface area (TPSA) is 60.5 Å². The lowest BCUT2D eigenvalue weighted by Gasteiger charge is -2.25. The Hall–Kier alpha value is -2.56. The van der Waals surface area contributed by atoms with E-state index in [0.717, 1.165) is 23.5 Å². The zero-order valence-electron chi connectivity index (χ0n) is 12.4. The second-order valence-corrected chi connectivity index (χ2v) is 5.28. The van der Waals surface area contributed by atoms with E-state index in [1.54, 1.807) is 31.5 Å². The van der Waals surface area contributed by atoms with Crippen LogP contribution in [0, 0.1) is 5.92 Å². The molecule has 0 fully saturated rings. The normalized spacial score (nSPS) is 16.3. The van der Waals surface area contributed by atoms with Gasteiger partial charge in [0, 0.05) is 24.7 Å². The van der Waals surface area contributed by atoms with Gasteiger partial charge >= 0.3 is 0 Å². The number of methoxy groups -OCH3 is 1. The minimum atomic E-state index is -0.152. The van der Waals surface area contributed by atoms with Gasteiger partial charge in [0.15, 0.2) is 0 Å². The molecule has 0 radical (unpaired) electrons. The number of hydrogen-bond acceptors (Lipinski definition) is 4. The van der Waals surface area contributed by atoms with Crippen molar-refractivity contribution in [1.29, 1.82) is 0 Å². The number of pyridine rings is 1. The van der Waals surface area contributed by atoms with Crippen molar-refractivity contribution in [2.24, 2.45) is 5.92 Å². The summed E-state index contributed by atoms with van der Waals surface area (Å²) in [6, 6.07) is 11.1. The average molecular weight is 298 g/mol. The Bertz CT molecular complexity index is 658. The van der Waals surface area contributed by atoms with Gasteiger partial charge in [-0.05, 0) is 30.2 Å². The molecular weight excluding hydrogens is 280 g/mol. The number of hydrogen-bond donors (Lipinski definition) is 1. The molecule has 1 aromatic carbocycles. The smallest absolute Gasteiger partial charge is 0.269 e. The number of nitrogens with zero attached hydrogens (tertiary/aromatic N) is 1. The third kappa shape index (κ3) is 3.19. The second kappa shape index (κ2) is 6.47. The molecule has 3 rings (SSSR count). The molecule has 0 spiro atoms. The van der Waals surface area contributed by atoms with Crippen molar-refractivity contribution in [3.63, 3.8) is 0 Å². The number of benzene rings is 1. The van der Waals surface area contributed by atoms with Crippen LogP contribution in [0.2, 0.25) is 0 Å². The maximum atomic E-state index is 12.0. The first kappa shape index (κ1) is 14.4. The molecule has 2 aromatic rings. The van der Waals surface area contributed by atoms with Crippen LogP contribution in [0.4, 0.5) is 0 Å². The van der Waals surface area contributed by atoms with Crippen LogP contribution in [0.5, 0.6) is 11.5 Å². The summed E-state index contributed by atoms with van der Waals surface area (Å²) in [6.45, 7) is 1.16. The van der Waals surface area contributed by atoms with Crippen LogP contribution >= 0.6 is 0 Å². The van der Waals surface area contributed by atoms with E-state index in [0.29, 0.717) is 18.8 Å². The Kier molecular flexibility index (Phi) is 4.23. The van der Waals surface area contributed by atoms with Crippen molar-refractivity contribution in [3.8, 4) is 11.5 Å². The summed E-state index contributed by atoms with van der Waals surface area (Å²) in [5, 5.41) is 2.92. The summed E-state index contributed by atoms with van der Waals surface area (Å²) in [5.74, 6) is 1.77. The summed E-state index contributed by atoms with van der Waals surface area (Å²) >= 11 is 0. The van der Waals surface area contributed by atoms with Gasteiger partial charge in [-0.25, -0.2) is 0 Å². The fraction of sp³-hybridized carbons (Fsp3) is 0.294. The van der Waals surface area contributed by atoms with Gasteiger partial charge < -0.3 is 14.8 Å². The maximum Gasteiger partial charge on any atom is 0.269 e. The van der Waals surface area contributed by atoms with E-state index < -0.39 is 0 Å². The first-order valence-electron chi connectivity index (χ1n) is 7.25. The summed E-state index contributed by atoms with van der Waals surface area (Å²) in [6.07, 6.45) is 2.49. The van der Waals surface area contributed by atoms with Crippen molar-refractivity contribution >= 4 is 5.91 Å². The van der Waals surface area contributed by atoms with Gasteiger partial charge in [-0.15, -0.1) is 0 Å². The number of rotatable bonds is 4. The molecule has 0 bridgehead atoms. The number of fused-ring (bicyclic) bond motifs is 1. The van der Waals surface area contributed by atoms with Crippen molar-refractivity contribution < 1.29 is 14.3 Å². The molecule has 2 heterocycles. The Morgan fingerprint density at radius 3 is 3.09 bits per heavy atom.